The van der Waals surface area contributed by atoms with E-state index >= 15 is 0 Å². The van der Waals surface area contributed by atoms with Gasteiger partial charge in [0.15, 0.2) is 0 Å². The number of carbonyl (C=O) groups is 1. The van der Waals surface area contributed by atoms with Crippen molar-refractivity contribution < 1.29 is 36.2 Å². The zero-order valence-corrected chi connectivity index (χ0v) is 10.3. The van der Waals surface area contributed by atoms with Crippen LogP contribution in [0.5, 0.6) is 0 Å². The number of hydrogen-bond donors (Lipinski definition) is 2. The summed E-state index contributed by atoms with van der Waals surface area (Å²) in [5.41, 5.74) is -6.37. The summed E-state index contributed by atoms with van der Waals surface area (Å²) in [6, 6.07) is 1.24. The minimum absolute atomic E-state index is 0.594. The Morgan fingerprint density at radius 1 is 1.05 bits per heavy atom. The third kappa shape index (κ3) is 3.09. The fourth-order valence-electron chi connectivity index (χ4n) is 1.54. The van der Waals surface area contributed by atoms with E-state index in [9.17, 15) is 31.1 Å². The number of aliphatic carboxylic acids is 1. The van der Waals surface area contributed by atoms with Gasteiger partial charge in [-0.25, -0.2) is 4.79 Å². The van der Waals surface area contributed by atoms with Crippen LogP contribution in [0.3, 0.4) is 0 Å². The summed E-state index contributed by atoms with van der Waals surface area (Å²) >= 11 is 3.36. The second-order valence-electron chi connectivity index (χ2n) is 3.66. The average Bonchev–Trinajstić information content (AvgIpc) is 2.24. The van der Waals surface area contributed by atoms with Crippen LogP contribution in [0.2, 0.25) is 0 Å². The SMILES string of the molecule is C=C(C(=O)O)c1ccc(S)c(C(F)(F)F)c1C(F)(F)F. The van der Waals surface area contributed by atoms with Gasteiger partial charge in [0, 0.05) is 10.5 Å². The van der Waals surface area contributed by atoms with Crippen LogP contribution < -0.4 is 0 Å². The minimum Gasteiger partial charge on any atom is -0.478 e. The summed E-state index contributed by atoms with van der Waals surface area (Å²) in [6.07, 6.45) is -10.7. The summed E-state index contributed by atoms with van der Waals surface area (Å²) < 4.78 is 76.9. The number of hydrogen-bond acceptors (Lipinski definition) is 2. The van der Waals surface area contributed by atoms with Crippen molar-refractivity contribution in [3.8, 4) is 0 Å². The minimum atomic E-state index is -5.41. The molecule has 0 saturated carbocycles. The fourth-order valence-corrected chi connectivity index (χ4v) is 1.85. The normalized spacial score (nSPS) is 12.3. The number of carboxylic acid groups (broad SMARTS) is 1. The van der Waals surface area contributed by atoms with Gasteiger partial charge in [0.1, 0.15) is 0 Å². The second-order valence-corrected chi connectivity index (χ2v) is 4.14. The first-order valence-corrected chi connectivity index (χ1v) is 5.25. The second kappa shape index (κ2) is 5.04. The molecule has 1 aromatic rings. The highest BCUT2D eigenvalue weighted by Crippen LogP contribution is 2.46. The van der Waals surface area contributed by atoms with E-state index in [0.29, 0.717) is 12.1 Å². The van der Waals surface area contributed by atoms with Gasteiger partial charge in [0.05, 0.1) is 16.7 Å². The van der Waals surface area contributed by atoms with Crippen molar-refractivity contribution in [2.45, 2.75) is 17.2 Å². The standard InChI is InChI=1S/C11H6F6O2S/c1-4(9(18)19)5-2-3-6(20)8(11(15,16)17)7(5)10(12,13)14/h2-3,20H,1H2,(H,18,19). The van der Waals surface area contributed by atoms with Gasteiger partial charge in [0.2, 0.25) is 0 Å². The zero-order valence-electron chi connectivity index (χ0n) is 9.43. The lowest BCUT2D eigenvalue weighted by Crippen LogP contribution is -2.20. The van der Waals surface area contributed by atoms with Crippen molar-refractivity contribution in [1.82, 2.24) is 0 Å². The van der Waals surface area contributed by atoms with Gasteiger partial charge in [-0.15, -0.1) is 12.6 Å². The van der Waals surface area contributed by atoms with E-state index in [4.69, 9.17) is 5.11 Å². The van der Waals surface area contributed by atoms with Crippen molar-refractivity contribution >= 4 is 24.2 Å². The molecule has 0 saturated heterocycles. The Morgan fingerprint density at radius 3 is 1.85 bits per heavy atom. The van der Waals surface area contributed by atoms with Crippen LogP contribution in [0.1, 0.15) is 16.7 Å². The molecule has 2 nitrogen and oxygen atoms in total. The van der Waals surface area contributed by atoms with E-state index in [0.717, 1.165) is 0 Å². The van der Waals surface area contributed by atoms with Gasteiger partial charge >= 0.3 is 18.3 Å². The molecule has 20 heavy (non-hydrogen) atoms. The third-order valence-corrected chi connectivity index (χ3v) is 2.71. The molecular weight excluding hydrogens is 310 g/mol. The average molecular weight is 316 g/mol. The number of rotatable bonds is 2. The number of carboxylic acids is 1. The molecule has 0 aliphatic heterocycles. The van der Waals surface area contributed by atoms with Crippen LogP contribution in [0, 0.1) is 0 Å². The molecule has 1 N–H and O–H groups in total. The lowest BCUT2D eigenvalue weighted by atomic mass is 9.95. The van der Waals surface area contributed by atoms with Gasteiger partial charge in [-0.05, 0) is 6.07 Å². The molecule has 0 heterocycles. The Hall–Kier alpha value is -1.64. The molecule has 0 radical (unpaired) electrons. The molecule has 0 aliphatic rings. The van der Waals surface area contributed by atoms with E-state index in [2.05, 4.69) is 19.2 Å². The van der Waals surface area contributed by atoms with Crippen molar-refractivity contribution in [3.63, 3.8) is 0 Å². The van der Waals surface area contributed by atoms with Gasteiger partial charge in [0.25, 0.3) is 0 Å². The topological polar surface area (TPSA) is 37.3 Å². The lowest BCUT2D eigenvalue weighted by Gasteiger charge is -2.20. The van der Waals surface area contributed by atoms with E-state index in [-0.39, 0.29) is 0 Å². The summed E-state index contributed by atoms with van der Waals surface area (Å²) in [5.74, 6) is -1.85. The Morgan fingerprint density at radius 2 is 1.50 bits per heavy atom. The fraction of sp³-hybridized carbons (Fsp3) is 0.182. The molecule has 0 aromatic heterocycles. The molecule has 0 bridgehead atoms. The summed E-state index contributed by atoms with van der Waals surface area (Å²) in [6.45, 7) is 2.86. The molecule has 1 rings (SSSR count). The van der Waals surface area contributed by atoms with Crippen LogP contribution in [0.15, 0.2) is 23.6 Å². The highest BCUT2D eigenvalue weighted by Gasteiger charge is 2.46. The molecule has 110 valence electrons. The maximum atomic E-state index is 12.9. The molecule has 0 unspecified atom stereocenters. The highest BCUT2D eigenvalue weighted by molar-refractivity contribution is 7.80. The maximum absolute atomic E-state index is 12.9. The number of benzene rings is 1. The van der Waals surface area contributed by atoms with Crippen molar-refractivity contribution in [3.05, 3.63) is 35.4 Å². The Balaban J connectivity index is 3.82. The van der Waals surface area contributed by atoms with Crippen LogP contribution in [-0.4, -0.2) is 11.1 Å². The van der Waals surface area contributed by atoms with Crippen molar-refractivity contribution in [2.75, 3.05) is 0 Å². The predicted octanol–water partition coefficient (Wildman–Crippen LogP) is 4.11. The van der Waals surface area contributed by atoms with Gasteiger partial charge in [-0.2, -0.15) is 26.3 Å². The summed E-state index contributed by atoms with van der Waals surface area (Å²) in [7, 11) is 0. The maximum Gasteiger partial charge on any atom is 0.418 e. The monoisotopic (exact) mass is 316 g/mol. The summed E-state index contributed by atoms with van der Waals surface area (Å²) in [5, 5.41) is 8.62. The van der Waals surface area contributed by atoms with Gasteiger partial charge in [-0.3, -0.25) is 0 Å². The van der Waals surface area contributed by atoms with Crippen molar-refractivity contribution in [2.24, 2.45) is 0 Å². The Bertz CT molecular complexity index is 574. The quantitative estimate of drug-likeness (QED) is 0.489. The molecule has 0 aliphatic carbocycles. The summed E-state index contributed by atoms with van der Waals surface area (Å²) in [4.78, 5) is 9.71. The first-order chi connectivity index (χ1) is 8.87. The molecule has 0 amide bonds. The molecule has 0 fully saturated rings. The van der Waals surface area contributed by atoms with Crippen LogP contribution in [-0.2, 0) is 17.1 Å². The van der Waals surface area contributed by atoms with E-state index in [1.165, 1.54) is 0 Å². The first-order valence-electron chi connectivity index (χ1n) is 4.80. The molecule has 1 aromatic carbocycles. The number of thiol groups is 1. The smallest absolute Gasteiger partial charge is 0.418 e. The molecule has 0 atom stereocenters. The zero-order chi connectivity index (χ0) is 15.9. The number of alkyl halides is 6. The third-order valence-electron chi connectivity index (χ3n) is 2.33. The molecule has 9 heteroatoms. The lowest BCUT2D eigenvalue weighted by molar-refractivity contribution is -0.163. The molecule has 0 spiro atoms. The van der Waals surface area contributed by atoms with Gasteiger partial charge < -0.3 is 5.11 Å². The highest BCUT2D eigenvalue weighted by atomic mass is 32.1. The Kier molecular flexibility index (Phi) is 4.14. The first kappa shape index (κ1) is 16.4. The largest absolute Gasteiger partial charge is 0.478 e. The van der Waals surface area contributed by atoms with E-state index in [1.807, 2.05) is 0 Å². The Labute approximate surface area is 114 Å². The van der Waals surface area contributed by atoms with Gasteiger partial charge in [-0.1, -0.05) is 12.6 Å². The predicted molar refractivity (Wildman–Crippen MR) is 60.4 cm³/mol. The molecular formula is C11H6F6O2S. The van der Waals surface area contributed by atoms with E-state index < -0.39 is 45.5 Å². The van der Waals surface area contributed by atoms with E-state index in [1.54, 1.807) is 0 Å². The number of halogens is 6. The van der Waals surface area contributed by atoms with Crippen LogP contribution in [0.4, 0.5) is 26.3 Å². The van der Waals surface area contributed by atoms with Crippen LogP contribution in [0.25, 0.3) is 5.57 Å². The van der Waals surface area contributed by atoms with Crippen LogP contribution >= 0.6 is 12.6 Å². The van der Waals surface area contributed by atoms with Crippen molar-refractivity contribution in [1.29, 1.82) is 0 Å².